The van der Waals surface area contributed by atoms with Crippen LogP contribution in [0.5, 0.6) is 0 Å². The van der Waals surface area contributed by atoms with E-state index in [1.807, 2.05) is 19.4 Å². The van der Waals surface area contributed by atoms with Crippen molar-refractivity contribution in [2.75, 3.05) is 20.3 Å². The molecule has 0 aromatic carbocycles. The van der Waals surface area contributed by atoms with E-state index in [9.17, 15) is 0 Å². The lowest BCUT2D eigenvalue weighted by atomic mass is 9.99. The quantitative estimate of drug-likeness (QED) is 0.806. The number of hydrogen-bond donors (Lipinski definition) is 1. The van der Waals surface area contributed by atoms with Gasteiger partial charge in [-0.15, -0.1) is 0 Å². The molecule has 2 rings (SSSR count). The van der Waals surface area contributed by atoms with E-state index in [4.69, 9.17) is 4.74 Å². The predicted octanol–water partition coefficient (Wildman–Crippen LogP) is 1.09. The summed E-state index contributed by atoms with van der Waals surface area (Å²) < 4.78 is 5.32. The summed E-state index contributed by atoms with van der Waals surface area (Å²) in [6.07, 6.45) is 5.92. The SMILES string of the molecule is CNCc1cnc(C2CCOCC2)nc1. The van der Waals surface area contributed by atoms with E-state index in [1.165, 1.54) is 0 Å². The normalized spacial score (nSPS) is 17.9. The van der Waals surface area contributed by atoms with Gasteiger partial charge in [0.2, 0.25) is 0 Å². The summed E-state index contributed by atoms with van der Waals surface area (Å²) in [6.45, 7) is 2.51. The minimum Gasteiger partial charge on any atom is -0.381 e. The first-order valence-corrected chi connectivity index (χ1v) is 5.43. The average molecular weight is 207 g/mol. The molecule has 1 aliphatic heterocycles. The van der Waals surface area contributed by atoms with Gasteiger partial charge in [-0.3, -0.25) is 0 Å². The third-order valence-corrected chi connectivity index (χ3v) is 2.69. The highest BCUT2D eigenvalue weighted by Gasteiger charge is 2.17. The highest BCUT2D eigenvalue weighted by Crippen LogP contribution is 2.23. The second-order valence-electron chi connectivity index (χ2n) is 3.87. The molecule has 1 aliphatic rings. The van der Waals surface area contributed by atoms with Gasteiger partial charge in [-0.25, -0.2) is 9.97 Å². The van der Waals surface area contributed by atoms with Crippen molar-refractivity contribution in [3.05, 3.63) is 23.8 Å². The summed E-state index contributed by atoms with van der Waals surface area (Å²) in [4.78, 5) is 8.83. The number of ether oxygens (including phenoxy) is 1. The number of rotatable bonds is 3. The van der Waals surface area contributed by atoms with Crippen molar-refractivity contribution in [2.24, 2.45) is 0 Å². The second-order valence-corrected chi connectivity index (χ2v) is 3.87. The lowest BCUT2D eigenvalue weighted by Gasteiger charge is -2.20. The molecule has 0 radical (unpaired) electrons. The molecule has 1 saturated heterocycles. The van der Waals surface area contributed by atoms with Crippen molar-refractivity contribution in [3.63, 3.8) is 0 Å². The van der Waals surface area contributed by atoms with Crippen LogP contribution < -0.4 is 5.32 Å². The van der Waals surface area contributed by atoms with Crippen LogP contribution in [0.25, 0.3) is 0 Å². The summed E-state index contributed by atoms with van der Waals surface area (Å²) in [6, 6.07) is 0. The maximum Gasteiger partial charge on any atom is 0.131 e. The van der Waals surface area contributed by atoms with Gasteiger partial charge in [0, 0.05) is 43.6 Å². The van der Waals surface area contributed by atoms with Gasteiger partial charge in [0.15, 0.2) is 0 Å². The third-order valence-electron chi connectivity index (χ3n) is 2.69. The molecule has 1 aromatic heterocycles. The van der Waals surface area contributed by atoms with Gasteiger partial charge >= 0.3 is 0 Å². The van der Waals surface area contributed by atoms with Crippen LogP contribution in [0.4, 0.5) is 0 Å². The number of aromatic nitrogens is 2. The Kier molecular flexibility index (Phi) is 3.64. The van der Waals surface area contributed by atoms with Crippen LogP contribution in [0, 0.1) is 0 Å². The molecule has 1 N–H and O–H groups in total. The first-order valence-electron chi connectivity index (χ1n) is 5.43. The molecule has 1 fully saturated rings. The molecule has 4 heteroatoms. The van der Waals surface area contributed by atoms with E-state index < -0.39 is 0 Å². The van der Waals surface area contributed by atoms with E-state index in [0.29, 0.717) is 5.92 Å². The molecule has 4 nitrogen and oxygen atoms in total. The lowest BCUT2D eigenvalue weighted by molar-refractivity contribution is 0.0835. The number of nitrogens with zero attached hydrogens (tertiary/aromatic N) is 2. The molecule has 1 aromatic rings. The molecule has 0 saturated carbocycles. The Morgan fingerprint density at radius 1 is 1.33 bits per heavy atom. The van der Waals surface area contributed by atoms with E-state index in [-0.39, 0.29) is 0 Å². The lowest BCUT2D eigenvalue weighted by Crippen LogP contribution is -2.16. The molecule has 0 spiro atoms. The topological polar surface area (TPSA) is 47.0 Å². The minimum absolute atomic E-state index is 0.488. The van der Waals surface area contributed by atoms with Crippen molar-refractivity contribution < 1.29 is 4.74 Å². The van der Waals surface area contributed by atoms with E-state index in [0.717, 1.165) is 44.0 Å². The summed E-state index contributed by atoms with van der Waals surface area (Å²) >= 11 is 0. The van der Waals surface area contributed by atoms with Crippen molar-refractivity contribution in [1.82, 2.24) is 15.3 Å². The molecule has 0 aliphatic carbocycles. The van der Waals surface area contributed by atoms with Gasteiger partial charge < -0.3 is 10.1 Å². The molecule has 2 heterocycles. The summed E-state index contributed by atoms with van der Waals surface area (Å²) in [5.74, 6) is 1.46. The Bertz CT molecular complexity index is 293. The fourth-order valence-electron chi connectivity index (χ4n) is 1.83. The smallest absolute Gasteiger partial charge is 0.131 e. The van der Waals surface area contributed by atoms with Gasteiger partial charge in [0.1, 0.15) is 5.82 Å². The van der Waals surface area contributed by atoms with Gasteiger partial charge in [-0.1, -0.05) is 0 Å². The molecule has 82 valence electrons. The van der Waals surface area contributed by atoms with Gasteiger partial charge in [0.25, 0.3) is 0 Å². The minimum atomic E-state index is 0.488. The first kappa shape index (κ1) is 10.5. The molecule has 0 bridgehead atoms. The van der Waals surface area contributed by atoms with Gasteiger partial charge in [-0.2, -0.15) is 0 Å². The number of hydrogen-bond acceptors (Lipinski definition) is 4. The van der Waals surface area contributed by atoms with Crippen LogP contribution in [0.1, 0.15) is 30.1 Å². The van der Waals surface area contributed by atoms with Crippen molar-refractivity contribution >= 4 is 0 Å². The molecule has 0 atom stereocenters. The summed E-state index contributed by atoms with van der Waals surface area (Å²) in [5.41, 5.74) is 1.13. The third kappa shape index (κ3) is 2.73. The molecule has 15 heavy (non-hydrogen) atoms. The highest BCUT2D eigenvalue weighted by atomic mass is 16.5. The summed E-state index contributed by atoms with van der Waals surface area (Å²) in [7, 11) is 1.92. The number of nitrogens with one attached hydrogen (secondary N) is 1. The Morgan fingerprint density at radius 2 is 2.00 bits per heavy atom. The van der Waals surface area contributed by atoms with Crippen molar-refractivity contribution in [1.29, 1.82) is 0 Å². The fourth-order valence-corrected chi connectivity index (χ4v) is 1.83. The predicted molar refractivity (Wildman–Crippen MR) is 57.6 cm³/mol. The summed E-state index contributed by atoms with van der Waals surface area (Å²) in [5, 5.41) is 3.08. The second kappa shape index (κ2) is 5.19. The van der Waals surface area contributed by atoms with Crippen LogP contribution in [-0.2, 0) is 11.3 Å². The molecule has 0 unspecified atom stereocenters. The Labute approximate surface area is 90.1 Å². The van der Waals surface area contributed by atoms with Crippen LogP contribution in [-0.4, -0.2) is 30.2 Å². The maximum absolute atomic E-state index is 5.32. The monoisotopic (exact) mass is 207 g/mol. The largest absolute Gasteiger partial charge is 0.381 e. The Balaban J connectivity index is 2.02. The van der Waals surface area contributed by atoms with Crippen LogP contribution in [0.15, 0.2) is 12.4 Å². The van der Waals surface area contributed by atoms with Gasteiger partial charge in [0.05, 0.1) is 0 Å². The first-order chi connectivity index (χ1) is 7.40. The van der Waals surface area contributed by atoms with Crippen molar-refractivity contribution in [3.8, 4) is 0 Å². The molecule has 0 amide bonds. The van der Waals surface area contributed by atoms with Crippen LogP contribution >= 0.6 is 0 Å². The Morgan fingerprint density at radius 3 is 2.60 bits per heavy atom. The van der Waals surface area contributed by atoms with Crippen LogP contribution in [0.3, 0.4) is 0 Å². The standard InChI is InChI=1S/C11H17N3O/c1-12-6-9-7-13-11(14-8-9)10-2-4-15-5-3-10/h7-8,10,12H,2-6H2,1H3. The Hall–Kier alpha value is -1.00. The molecular formula is C11H17N3O. The zero-order valence-corrected chi connectivity index (χ0v) is 9.07. The van der Waals surface area contributed by atoms with E-state index in [2.05, 4.69) is 15.3 Å². The zero-order valence-electron chi connectivity index (χ0n) is 9.07. The van der Waals surface area contributed by atoms with Gasteiger partial charge in [-0.05, 0) is 19.9 Å². The highest BCUT2D eigenvalue weighted by molar-refractivity contribution is 5.07. The fraction of sp³-hybridized carbons (Fsp3) is 0.636. The maximum atomic E-state index is 5.32. The van der Waals surface area contributed by atoms with E-state index in [1.54, 1.807) is 0 Å². The average Bonchev–Trinajstić information content (AvgIpc) is 2.32. The zero-order chi connectivity index (χ0) is 10.5. The van der Waals surface area contributed by atoms with E-state index >= 15 is 0 Å². The molecular weight excluding hydrogens is 190 g/mol. The van der Waals surface area contributed by atoms with Crippen molar-refractivity contribution in [2.45, 2.75) is 25.3 Å². The van der Waals surface area contributed by atoms with Crippen LogP contribution in [0.2, 0.25) is 0 Å².